The molecular formula is C29H40AtFN2O7. The number of nitrogens with one attached hydrogen (secondary N) is 1. The zero-order chi connectivity index (χ0) is 28.7. The predicted molar refractivity (Wildman–Crippen MR) is 146 cm³/mol. The molecule has 11 heteroatoms. The summed E-state index contributed by atoms with van der Waals surface area (Å²) in [4.78, 5) is 15.5. The summed E-state index contributed by atoms with van der Waals surface area (Å²) in [5.74, 6) is 2.25. The number of unbranched alkanes of at least 4 members (excludes halogenated alkanes) is 1. The SMILES string of the molecule is COc1cc2c(cc1OC)CN(CCCCNC(=O)c1cc([At])cc(OC)c1OCCOCCOCCF)CC2. The van der Waals surface area contributed by atoms with Gasteiger partial charge in [-0.3, -0.25) is 0 Å². The van der Waals surface area contributed by atoms with Crippen molar-refractivity contribution in [1.82, 2.24) is 10.2 Å². The van der Waals surface area contributed by atoms with E-state index in [1.165, 1.54) is 35.8 Å². The van der Waals surface area contributed by atoms with E-state index in [0.717, 1.165) is 53.7 Å². The third-order valence-corrected chi connectivity index (χ3v) is 7.38. The van der Waals surface area contributed by atoms with Gasteiger partial charge in [-0.25, -0.2) is 4.39 Å². The molecule has 1 amide bonds. The van der Waals surface area contributed by atoms with Crippen LogP contribution in [0.1, 0.15) is 34.3 Å². The number of methoxy groups -OCH3 is 3. The van der Waals surface area contributed by atoms with Crippen LogP contribution >= 0.6 is 0 Å². The first-order chi connectivity index (χ1) is 19.5. The molecule has 2 aromatic carbocycles. The van der Waals surface area contributed by atoms with Crippen LogP contribution in [-0.2, 0) is 22.4 Å². The summed E-state index contributed by atoms with van der Waals surface area (Å²) in [5.41, 5.74) is 3.03. The van der Waals surface area contributed by atoms with Crippen LogP contribution in [0, 0.1) is 24.7 Å². The number of alkyl halides is 1. The molecule has 1 aliphatic rings. The van der Waals surface area contributed by atoms with Crippen molar-refractivity contribution in [3.05, 3.63) is 41.0 Å². The zero-order valence-corrected chi connectivity index (χ0v) is 26.5. The summed E-state index contributed by atoms with van der Waals surface area (Å²) in [6, 6.07) is 7.84. The number of hydrogen-bond acceptors (Lipinski definition) is 8. The summed E-state index contributed by atoms with van der Waals surface area (Å²) in [6.07, 6.45) is 2.81. The van der Waals surface area contributed by atoms with E-state index in [1.807, 2.05) is 12.1 Å². The molecule has 1 N–H and O–H groups in total. The van der Waals surface area contributed by atoms with Gasteiger partial charge in [-0.05, 0) is 17.7 Å². The fourth-order valence-electron chi connectivity index (χ4n) is 4.51. The van der Waals surface area contributed by atoms with Gasteiger partial charge in [0, 0.05) is 0 Å². The second-order valence-electron chi connectivity index (χ2n) is 9.21. The zero-order valence-electron chi connectivity index (χ0n) is 23.6. The number of halogens is 1. The Balaban J connectivity index is 1.44. The van der Waals surface area contributed by atoms with Crippen molar-refractivity contribution in [2.45, 2.75) is 25.8 Å². The van der Waals surface area contributed by atoms with Crippen molar-refractivity contribution in [1.29, 1.82) is 0 Å². The predicted octanol–water partition coefficient (Wildman–Crippen LogP) is 2.84. The number of carbonyl (C=O) groups is 1. The summed E-state index contributed by atoms with van der Waals surface area (Å²) in [6.45, 7) is 4.16. The van der Waals surface area contributed by atoms with Crippen molar-refractivity contribution < 1.29 is 62.3 Å². The van der Waals surface area contributed by atoms with Crippen LogP contribution in [0.15, 0.2) is 24.3 Å². The summed E-state index contributed by atoms with van der Waals surface area (Å²) in [7, 11) is 4.88. The second kappa shape index (κ2) is 17.6. The van der Waals surface area contributed by atoms with Crippen LogP contribution in [-0.4, -0.2) is 91.5 Å². The van der Waals surface area contributed by atoms with Gasteiger partial charge in [0.15, 0.2) is 11.5 Å². The Kier molecular flexibility index (Phi) is 14.2. The number of hydrogen-bond donors (Lipinski definition) is 1. The van der Waals surface area contributed by atoms with Gasteiger partial charge in [0.1, 0.15) is 6.67 Å². The van der Waals surface area contributed by atoms with Crippen LogP contribution < -0.4 is 27.5 Å². The Morgan fingerprint density at radius 2 is 1.57 bits per heavy atom. The van der Waals surface area contributed by atoms with E-state index in [9.17, 15) is 9.18 Å². The van der Waals surface area contributed by atoms with E-state index >= 15 is 0 Å². The molecule has 0 bridgehead atoms. The average molecular weight is 758 g/mol. The Morgan fingerprint density at radius 3 is 2.27 bits per heavy atom. The number of amides is 1. The average Bonchev–Trinajstić information content (AvgIpc) is 2.97. The number of fused-ring (bicyclic) bond motifs is 1. The maximum absolute atomic E-state index is 13.1. The van der Waals surface area contributed by atoms with Crippen molar-refractivity contribution in [3.63, 3.8) is 0 Å². The van der Waals surface area contributed by atoms with Crippen LogP contribution in [0.25, 0.3) is 0 Å². The molecule has 0 aliphatic carbocycles. The van der Waals surface area contributed by atoms with E-state index in [4.69, 9.17) is 28.4 Å². The number of nitrogens with zero attached hydrogens (tertiary/aromatic N) is 1. The van der Waals surface area contributed by atoms with E-state index in [2.05, 4.69) is 22.3 Å². The topological polar surface area (TPSA) is 87.7 Å². The van der Waals surface area contributed by atoms with Crippen LogP contribution in [0.3, 0.4) is 0 Å². The molecule has 0 radical (unpaired) electrons. The van der Waals surface area contributed by atoms with E-state index in [-0.39, 0.29) is 19.1 Å². The fraction of sp³-hybridized carbons (Fsp3) is 0.552. The molecule has 222 valence electrons. The molecule has 1 heterocycles. The van der Waals surface area contributed by atoms with Crippen molar-refractivity contribution in [3.8, 4) is 23.0 Å². The van der Waals surface area contributed by atoms with Crippen LogP contribution in [0.4, 0.5) is 4.39 Å². The molecule has 0 aromatic heterocycles. The minimum absolute atomic E-state index is 0.0681. The Bertz CT molecular complexity index is 1090. The van der Waals surface area contributed by atoms with E-state index in [0.29, 0.717) is 43.4 Å². The standard InChI is InChI=1S/C29H40AtFN2O7/c1-35-25-16-21-6-10-33(20-22(21)17-26(25)36-2)9-5-4-8-32-29(34)24-18-23(30)19-27(37-3)28(24)40-15-14-39-13-12-38-11-7-31/h16-19H,4-15,20H2,1-3H3,(H,32,34). The van der Waals surface area contributed by atoms with E-state index in [1.54, 1.807) is 21.3 Å². The molecule has 3 rings (SSSR count). The molecule has 2 aromatic rings. The normalized spacial score (nSPS) is 13.0. The van der Waals surface area contributed by atoms with Gasteiger partial charge in [0.05, 0.1) is 14.2 Å². The number of ether oxygens (including phenoxy) is 6. The summed E-state index contributed by atoms with van der Waals surface area (Å²) in [5, 5.41) is 3.03. The van der Waals surface area contributed by atoms with Gasteiger partial charge >= 0.3 is 188 Å². The molecule has 0 atom stereocenters. The molecule has 0 saturated carbocycles. The fourth-order valence-corrected chi connectivity index (χ4v) is 5.32. The van der Waals surface area contributed by atoms with Gasteiger partial charge < -0.3 is 9.47 Å². The van der Waals surface area contributed by atoms with Crippen molar-refractivity contribution in [2.75, 3.05) is 80.7 Å². The van der Waals surface area contributed by atoms with E-state index < -0.39 is 6.67 Å². The van der Waals surface area contributed by atoms with Crippen LogP contribution in [0.2, 0.25) is 0 Å². The first-order valence-corrected chi connectivity index (χ1v) is 14.9. The molecule has 1 aliphatic heterocycles. The Hall–Kier alpha value is -2.20. The molecule has 0 fully saturated rings. The summed E-state index contributed by atoms with van der Waals surface area (Å²) < 4.78 is 45.8. The first kappa shape index (κ1) is 32.3. The van der Waals surface area contributed by atoms with Gasteiger partial charge in [0.25, 0.3) is 0 Å². The third-order valence-electron chi connectivity index (χ3n) is 6.54. The van der Waals surface area contributed by atoms with Crippen molar-refractivity contribution in [2.24, 2.45) is 0 Å². The molecule has 0 saturated heterocycles. The van der Waals surface area contributed by atoms with Crippen molar-refractivity contribution >= 4 is 9.18 Å². The molecule has 40 heavy (non-hydrogen) atoms. The minimum atomic E-state index is -0.512. The Morgan fingerprint density at radius 1 is 0.900 bits per heavy atom. The third kappa shape index (κ3) is 9.72. The first-order valence-electron chi connectivity index (χ1n) is 13.5. The number of rotatable bonds is 18. The maximum atomic E-state index is 13.1. The molecule has 0 unspecified atom stereocenters. The summed E-state index contributed by atoms with van der Waals surface area (Å²) >= 11 is 1.45. The monoisotopic (exact) mass is 757 g/mol. The Labute approximate surface area is 251 Å². The second-order valence-corrected chi connectivity index (χ2v) is 10.9. The molecular weight excluding hydrogens is 717 g/mol. The van der Waals surface area contributed by atoms with Gasteiger partial charge in [-0.1, -0.05) is 0 Å². The van der Waals surface area contributed by atoms with Crippen LogP contribution in [0.5, 0.6) is 23.0 Å². The van der Waals surface area contributed by atoms with Gasteiger partial charge in [-0.2, -0.15) is 0 Å². The van der Waals surface area contributed by atoms with Gasteiger partial charge in [0.2, 0.25) is 0 Å². The molecule has 0 spiro atoms. The number of carbonyl (C=O) groups excluding carboxylic acids is 1. The quantitative estimate of drug-likeness (QED) is 0.233. The van der Waals surface area contributed by atoms with Gasteiger partial charge in [-0.15, -0.1) is 0 Å². The number of benzene rings is 2. The molecule has 9 nitrogen and oxygen atoms in total.